The number of rotatable bonds is 8. The Morgan fingerprint density at radius 3 is 2.23 bits per heavy atom. The molecule has 0 bridgehead atoms. The third-order valence-corrected chi connectivity index (χ3v) is 6.51. The average molecular weight is 460 g/mol. The summed E-state index contributed by atoms with van der Waals surface area (Å²) >= 11 is 8.61. The molecule has 2 aromatic carbocycles. The maximum Gasteiger partial charge on any atom is 0.234 e. The summed E-state index contributed by atoms with van der Waals surface area (Å²) in [5, 5.41) is 8.17. The average Bonchev–Trinajstić information content (AvgIpc) is 3.15. The molecule has 0 radical (unpaired) electrons. The second kappa shape index (κ2) is 10.6. The molecule has 0 atom stereocenters. The third-order valence-electron chi connectivity index (χ3n) is 4.19. The molecule has 2 amide bonds. The Labute approximate surface area is 189 Å². The lowest BCUT2D eigenvalue weighted by molar-refractivity contribution is -0.116. The molecule has 0 aliphatic carbocycles. The van der Waals surface area contributed by atoms with E-state index < -0.39 is 0 Å². The smallest absolute Gasteiger partial charge is 0.234 e. The number of carbonyl (C=O) groups excluding carboxylic acids is 2. The Hall–Kier alpha value is -2.35. The Morgan fingerprint density at radius 2 is 1.60 bits per heavy atom. The van der Waals surface area contributed by atoms with E-state index in [0.29, 0.717) is 22.3 Å². The lowest BCUT2D eigenvalue weighted by Crippen LogP contribution is -2.15. The quantitative estimate of drug-likeness (QED) is 0.415. The van der Waals surface area contributed by atoms with Crippen molar-refractivity contribution in [2.45, 2.75) is 30.5 Å². The van der Waals surface area contributed by atoms with Crippen molar-refractivity contribution in [3.8, 4) is 0 Å². The van der Waals surface area contributed by atoms with E-state index in [1.54, 1.807) is 24.3 Å². The number of thiazole rings is 1. The number of benzene rings is 2. The van der Waals surface area contributed by atoms with Gasteiger partial charge >= 0.3 is 0 Å². The predicted molar refractivity (Wildman–Crippen MR) is 126 cm³/mol. The maximum atomic E-state index is 12.3. The summed E-state index contributed by atoms with van der Waals surface area (Å²) in [5.74, 6) is 0.453. The van der Waals surface area contributed by atoms with Crippen molar-refractivity contribution in [2.75, 3.05) is 16.4 Å². The molecule has 30 heavy (non-hydrogen) atoms. The zero-order valence-electron chi connectivity index (χ0n) is 16.6. The van der Waals surface area contributed by atoms with Crippen LogP contribution in [0.3, 0.4) is 0 Å². The van der Waals surface area contributed by atoms with Gasteiger partial charge in [-0.05, 0) is 47.9 Å². The highest BCUT2D eigenvalue weighted by molar-refractivity contribution is 8.01. The van der Waals surface area contributed by atoms with E-state index in [0.717, 1.165) is 10.0 Å². The number of halogens is 1. The number of amides is 2. The molecule has 1 heterocycles. The van der Waals surface area contributed by atoms with Crippen molar-refractivity contribution in [3.05, 3.63) is 70.2 Å². The van der Waals surface area contributed by atoms with Crippen molar-refractivity contribution in [1.29, 1.82) is 0 Å². The highest BCUT2D eigenvalue weighted by atomic mass is 35.5. The summed E-state index contributed by atoms with van der Waals surface area (Å²) in [4.78, 5) is 28.8. The summed E-state index contributed by atoms with van der Waals surface area (Å²) in [6.45, 7) is 4.26. The molecular weight excluding hydrogens is 438 g/mol. The maximum absolute atomic E-state index is 12.3. The van der Waals surface area contributed by atoms with Crippen molar-refractivity contribution >= 4 is 57.9 Å². The molecule has 0 aliphatic heterocycles. The first kappa shape index (κ1) is 22.3. The SMILES string of the molecule is CC(C)c1ccc(NC(=O)Cc2csc(SCC(=O)Nc3ccc(Cl)cc3)n2)cc1. The molecule has 156 valence electrons. The van der Waals surface area contributed by atoms with Gasteiger partial charge in [0.2, 0.25) is 11.8 Å². The second-order valence-electron chi connectivity index (χ2n) is 6.95. The van der Waals surface area contributed by atoms with E-state index in [4.69, 9.17) is 11.6 Å². The zero-order chi connectivity index (χ0) is 21.5. The first-order valence-corrected chi connectivity index (χ1v) is 11.7. The molecular formula is C22H22ClN3O2S2. The zero-order valence-corrected chi connectivity index (χ0v) is 19.0. The number of carbonyl (C=O) groups is 2. The molecule has 2 N–H and O–H groups in total. The van der Waals surface area contributed by atoms with Gasteiger partial charge in [-0.15, -0.1) is 11.3 Å². The lowest BCUT2D eigenvalue weighted by atomic mass is 10.0. The molecule has 0 unspecified atom stereocenters. The lowest BCUT2D eigenvalue weighted by Gasteiger charge is -2.08. The third kappa shape index (κ3) is 6.86. The summed E-state index contributed by atoms with van der Waals surface area (Å²) in [7, 11) is 0. The van der Waals surface area contributed by atoms with Crippen LogP contribution in [0, 0.1) is 0 Å². The van der Waals surface area contributed by atoms with Gasteiger partial charge in [-0.1, -0.05) is 49.3 Å². The standard InChI is InChI=1S/C22H22ClN3O2S2/c1-14(2)15-3-7-17(8-4-15)24-20(27)11-19-12-29-22(26-19)30-13-21(28)25-18-9-5-16(23)6-10-18/h3-10,12,14H,11,13H2,1-2H3,(H,24,27)(H,25,28). The van der Waals surface area contributed by atoms with Gasteiger partial charge in [-0.2, -0.15) is 0 Å². The number of hydrogen-bond donors (Lipinski definition) is 2. The molecule has 0 fully saturated rings. The topological polar surface area (TPSA) is 71.1 Å². The first-order valence-electron chi connectivity index (χ1n) is 9.41. The molecule has 5 nitrogen and oxygen atoms in total. The van der Waals surface area contributed by atoms with E-state index in [1.165, 1.54) is 28.7 Å². The number of aromatic nitrogens is 1. The normalized spacial score (nSPS) is 10.8. The van der Waals surface area contributed by atoms with Crippen molar-refractivity contribution in [2.24, 2.45) is 0 Å². The number of nitrogens with one attached hydrogen (secondary N) is 2. The Balaban J connectivity index is 1.45. The van der Waals surface area contributed by atoms with Crippen LogP contribution in [-0.4, -0.2) is 22.6 Å². The van der Waals surface area contributed by atoms with Crippen LogP contribution in [0.2, 0.25) is 5.02 Å². The van der Waals surface area contributed by atoms with Crippen LogP contribution in [0.15, 0.2) is 58.3 Å². The number of hydrogen-bond acceptors (Lipinski definition) is 5. The summed E-state index contributed by atoms with van der Waals surface area (Å²) in [6.07, 6.45) is 0.194. The number of thioether (sulfide) groups is 1. The fourth-order valence-electron chi connectivity index (χ4n) is 2.61. The minimum Gasteiger partial charge on any atom is -0.326 e. The highest BCUT2D eigenvalue weighted by Gasteiger charge is 2.11. The first-order chi connectivity index (χ1) is 14.4. The molecule has 0 saturated heterocycles. The number of nitrogens with zero attached hydrogens (tertiary/aromatic N) is 1. The van der Waals surface area contributed by atoms with Gasteiger partial charge in [0.05, 0.1) is 17.9 Å². The van der Waals surface area contributed by atoms with E-state index >= 15 is 0 Å². The van der Waals surface area contributed by atoms with Crippen LogP contribution < -0.4 is 10.6 Å². The van der Waals surface area contributed by atoms with Crippen LogP contribution >= 0.6 is 34.7 Å². The van der Waals surface area contributed by atoms with Crippen LogP contribution in [0.1, 0.15) is 31.0 Å². The van der Waals surface area contributed by atoms with E-state index in [1.807, 2.05) is 29.6 Å². The fraction of sp³-hybridized carbons (Fsp3) is 0.227. The summed E-state index contributed by atoms with van der Waals surface area (Å²) in [5.41, 5.74) is 3.39. The number of anilines is 2. The molecule has 0 saturated carbocycles. The van der Waals surface area contributed by atoms with Crippen LogP contribution in [0.4, 0.5) is 11.4 Å². The van der Waals surface area contributed by atoms with Gasteiger partial charge in [0.15, 0.2) is 4.34 Å². The fourth-order valence-corrected chi connectivity index (χ4v) is 4.39. The van der Waals surface area contributed by atoms with Crippen molar-refractivity contribution in [3.63, 3.8) is 0 Å². The van der Waals surface area contributed by atoms with Crippen molar-refractivity contribution in [1.82, 2.24) is 4.98 Å². The van der Waals surface area contributed by atoms with E-state index in [-0.39, 0.29) is 24.0 Å². The van der Waals surface area contributed by atoms with Gasteiger partial charge < -0.3 is 10.6 Å². The minimum atomic E-state index is -0.123. The largest absolute Gasteiger partial charge is 0.326 e. The predicted octanol–water partition coefficient (Wildman–Crippen LogP) is 5.83. The Morgan fingerprint density at radius 1 is 1.00 bits per heavy atom. The summed E-state index contributed by atoms with van der Waals surface area (Å²) < 4.78 is 0.755. The van der Waals surface area contributed by atoms with Gasteiger partial charge in [0, 0.05) is 21.8 Å². The monoisotopic (exact) mass is 459 g/mol. The minimum absolute atomic E-state index is 0.116. The summed E-state index contributed by atoms with van der Waals surface area (Å²) in [6, 6.07) is 14.8. The van der Waals surface area contributed by atoms with Gasteiger partial charge in [-0.25, -0.2) is 4.98 Å². The van der Waals surface area contributed by atoms with Gasteiger partial charge in [-0.3, -0.25) is 9.59 Å². The van der Waals surface area contributed by atoms with E-state index in [2.05, 4.69) is 29.5 Å². The van der Waals surface area contributed by atoms with Crippen molar-refractivity contribution < 1.29 is 9.59 Å². The van der Waals surface area contributed by atoms with Gasteiger partial charge in [0.25, 0.3) is 0 Å². The molecule has 0 spiro atoms. The Bertz CT molecular complexity index is 1000. The van der Waals surface area contributed by atoms with E-state index in [9.17, 15) is 9.59 Å². The van der Waals surface area contributed by atoms with Crippen LogP contribution in [0.25, 0.3) is 0 Å². The molecule has 3 rings (SSSR count). The molecule has 1 aromatic heterocycles. The molecule has 3 aromatic rings. The molecule has 0 aliphatic rings. The van der Waals surface area contributed by atoms with Gasteiger partial charge in [0.1, 0.15) is 0 Å². The van der Waals surface area contributed by atoms with Crippen LogP contribution in [0.5, 0.6) is 0 Å². The highest BCUT2D eigenvalue weighted by Crippen LogP contribution is 2.24. The second-order valence-corrected chi connectivity index (χ2v) is 9.47. The van der Waals surface area contributed by atoms with Crippen LogP contribution in [-0.2, 0) is 16.0 Å². The molecule has 8 heteroatoms. The Kier molecular flexibility index (Phi) is 7.90.